The van der Waals surface area contributed by atoms with Gasteiger partial charge < -0.3 is 10.0 Å². The van der Waals surface area contributed by atoms with Crippen LogP contribution in [0, 0.1) is 0 Å². The monoisotopic (exact) mass is 247 g/mol. The van der Waals surface area contributed by atoms with E-state index in [-0.39, 0.29) is 16.7 Å². The standard InChI is InChI=1S/C12H9NO3S/c1-13-6-4-2-3-5-7(6)17-12(13)8-9(14)11(16)10(8)15/h2-5,12,14H,1H3. The Hall–Kier alpha value is -1.75. The zero-order valence-electron chi connectivity index (χ0n) is 9.01. The number of anilines is 1. The molecule has 2 aromatic rings. The molecule has 0 saturated heterocycles. The molecule has 86 valence electrons. The normalized spacial score (nSPS) is 18.6. The van der Waals surface area contributed by atoms with Gasteiger partial charge in [-0.3, -0.25) is 9.59 Å². The smallest absolute Gasteiger partial charge is 0.268 e. The van der Waals surface area contributed by atoms with E-state index in [1.165, 1.54) is 11.8 Å². The van der Waals surface area contributed by atoms with Crippen molar-refractivity contribution in [1.82, 2.24) is 0 Å². The highest BCUT2D eigenvalue weighted by Crippen LogP contribution is 2.50. The fraction of sp³-hybridized carbons (Fsp3) is 0.167. The van der Waals surface area contributed by atoms with E-state index in [4.69, 9.17) is 0 Å². The van der Waals surface area contributed by atoms with Crippen molar-refractivity contribution in [2.24, 2.45) is 0 Å². The molecule has 17 heavy (non-hydrogen) atoms. The number of aromatic hydroxyl groups is 1. The summed E-state index contributed by atoms with van der Waals surface area (Å²) >= 11 is 1.47. The highest BCUT2D eigenvalue weighted by molar-refractivity contribution is 8.00. The van der Waals surface area contributed by atoms with Crippen molar-refractivity contribution in [1.29, 1.82) is 0 Å². The Balaban J connectivity index is 2.06. The van der Waals surface area contributed by atoms with Gasteiger partial charge >= 0.3 is 0 Å². The molecule has 1 N–H and O–H groups in total. The third kappa shape index (κ3) is 1.26. The van der Waals surface area contributed by atoms with Crippen molar-refractivity contribution in [3.05, 3.63) is 50.3 Å². The van der Waals surface area contributed by atoms with Gasteiger partial charge in [0.05, 0.1) is 11.3 Å². The summed E-state index contributed by atoms with van der Waals surface area (Å²) < 4.78 is 0. The number of para-hydroxylation sites is 1. The lowest BCUT2D eigenvalue weighted by atomic mass is 10.1. The van der Waals surface area contributed by atoms with Crippen LogP contribution in [0.5, 0.6) is 5.75 Å². The molecule has 1 unspecified atom stereocenters. The lowest BCUT2D eigenvalue weighted by molar-refractivity contribution is 0.453. The first kappa shape index (κ1) is 10.4. The minimum atomic E-state index is -0.773. The maximum atomic E-state index is 11.4. The highest BCUT2D eigenvalue weighted by Gasteiger charge is 2.36. The lowest BCUT2D eigenvalue weighted by Crippen LogP contribution is -2.38. The number of hydrogen-bond acceptors (Lipinski definition) is 5. The number of nitrogens with zero attached hydrogens (tertiary/aromatic N) is 1. The van der Waals surface area contributed by atoms with Crippen LogP contribution in [0.3, 0.4) is 0 Å². The van der Waals surface area contributed by atoms with Gasteiger partial charge in [-0.05, 0) is 12.1 Å². The average molecular weight is 247 g/mol. The molecule has 1 aliphatic rings. The first-order chi connectivity index (χ1) is 8.11. The second-order valence-corrected chi connectivity index (χ2v) is 5.09. The molecule has 0 aromatic heterocycles. The predicted molar refractivity (Wildman–Crippen MR) is 66.5 cm³/mol. The third-order valence-corrected chi connectivity index (χ3v) is 4.38. The van der Waals surface area contributed by atoms with Crippen molar-refractivity contribution >= 4 is 17.4 Å². The fourth-order valence-electron chi connectivity index (χ4n) is 2.05. The van der Waals surface area contributed by atoms with Gasteiger partial charge in [0.25, 0.3) is 5.43 Å². The molecule has 1 heterocycles. The summed E-state index contributed by atoms with van der Waals surface area (Å²) in [5.74, 6) is -0.382. The molecule has 1 atom stereocenters. The lowest BCUT2D eigenvalue weighted by Gasteiger charge is -2.22. The van der Waals surface area contributed by atoms with Crippen LogP contribution in [0.25, 0.3) is 0 Å². The Morgan fingerprint density at radius 1 is 1.24 bits per heavy atom. The molecule has 2 aromatic carbocycles. The molecule has 4 nitrogen and oxygen atoms in total. The second kappa shape index (κ2) is 3.37. The average Bonchev–Trinajstić information content (AvgIpc) is 2.67. The van der Waals surface area contributed by atoms with E-state index in [1.54, 1.807) is 0 Å². The highest BCUT2D eigenvalue weighted by atomic mass is 32.2. The van der Waals surface area contributed by atoms with Crippen LogP contribution in [0.15, 0.2) is 38.8 Å². The summed E-state index contributed by atoms with van der Waals surface area (Å²) in [5.41, 5.74) is -0.113. The number of hydrogen-bond donors (Lipinski definition) is 1. The zero-order chi connectivity index (χ0) is 12.2. The fourth-order valence-corrected chi connectivity index (χ4v) is 3.39. The molecular weight excluding hydrogens is 238 g/mol. The van der Waals surface area contributed by atoms with Crippen molar-refractivity contribution in [3.8, 4) is 5.75 Å². The second-order valence-electron chi connectivity index (χ2n) is 3.97. The quantitative estimate of drug-likeness (QED) is 0.768. The van der Waals surface area contributed by atoms with E-state index in [0.29, 0.717) is 0 Å². The van der Waals surface area contributed by atoms with E-state index in [0.717, 1.165) is 10.6 Å². The van der Waals surface area contributed by atoms with Crippen LogP contribution in [0.1, 0.15) is 10.9 Å². The Kier molecular flexibility index (Phi) is 2.06. The van der Waals surface area contributed by atoms with Crippen LogP contribution in [0.4, 0.5) is 5.69 Å². The minimum absolute atomic E-state index is 0.221. The summed E-state index contributed by atoms with van der Waals surface area (Å²) in [7, 11) is 1.85. The van der Waals surface area contributed by atoms with E-state index in [2.05, 4.69) is 0 Å². The van der Waals surface area contributed by atoms with Gasteiger partial charge in [-0.2, -0.15) is 0 Å². The van der Waals surface area contributed by atoms with Crippen molar-refractivity contribution < 1.29 is 5.11 Å². The summed E-state index contributed by atoms with van der Waals surface area (Å²) in [6.07, 6.45) is 0. The largest absolute Gasteiger partial charge is 0.504 e. The van der Waals surface area contributed by atoms with Gasteiger partial charge in [0.15, 0.2) is 5.75 Å². The summed E-state index contributed by atoms with van der Waals surface area (Å²) in [5, 5.41) is 9.18. The third-order valence-electron chi connectivity index (χ3n) is 3.00. The van der Waals surface area contributed by atoms with E-state index < -0.39 is 10.9 Å². The molecule has 0 bridgehead atoms. The predicted octanol–water partition coefficient (Wildman–Crippen LogP) is 1.23. The van der Waals surface area contributed by atoms with Gasteiger partial charge in [-0.1, -0.05) is 23.9 Å². The number of benzene rings is 1. The van der Waals surface area contributed by atoms with Gasteiger partial charge in [0.2, 0.25) is 5.43 Å². The maximum absolute atomic E-state index is 11.4. The SMILES string of the molecule is CN1c2ccccc2SC1c1c(O)c(=O)c1=O. The molecule has 0 fully saturated rings. The molecule has 0 radical (unpaired) electrons. The van der Waals surface area contributed by atoms with E-state index in [1.807, 2.05) is 36.2 Å². The first-order valence-electron chi connectivity index (χ1n) is 5.12. The summed E-state index contributed by atoms with van der Waals surface area (Å²) in [6.45, 7) is 0. The van der Waals surface area contributed by atoms with Crippen LogP contribution in [-0.2, 0) is 0 Å². The van der Waals surface area contributed by atoms with Gasteiger partial charge in [0.1, 0.15) is 5.37 Å². The topological polar surface area (TPSA) is 57.6 Å². The minimum Gasteiger partial charge on any atom is -0.504 e. The number of thioether (sulfide) groups is 1. The van der Waals surface area contributed by atoms with Gasteiger partial charge in [0, 0.05) is 11.9 Å². The molecule has 3 rings (SSSR count). The molecule has 0 saturated carbocycles. The van der Waals surface area contributed by atoms with Crippen LogP contribution in [0.2, 0.25) is 0 Å². The van der Waals surface area contributed by atoms with Crippen molar-refractivity contribution in [2.75, 3.05) is 11.9 Å². The zero-order valence-corrected chi connectivity index (χ0v) is 9.82. The van der Waals surface area contributed by atoms with Crippen molar-refractivity contribution in [2.45, 2.75) is 10.3 Å². The maximum Gasteiger partial charge on any atom is 0.268 e. The number of rotatable bonds is 1. The molecule has 1 aliphatic heterocycles. The van der Waals surface area contributed by atoms with Crippen LogP contribution >= 0.6 is 11.8 Å². The molecule has 0 spiro atoms. The Labute approximate surface area is 101 Å². The van der Waals surface area contributed by atoms with Crippen LogP contribution in [-0.4, -0.2) is 12.2 Å². The van der Waals surface area contributed by atoms with Crippen molar-refractivity contribution in [3.63, 3.8) is 0 Å². The Morgan fingerprint density at radius 2 is 1.94 bits per heavy atom. The Bertz CT molecular complexity index is 672. The Morgan fingerprint density at radius 3 is 2.59 bits per heavy atom. The van der Waals surface area contributed by atoms with Gasteiger partial charge in [-0.15, -0.1) is 0 Å². The summed E-state index contributed by atoms with van der Waals surface area (Å²) in [6, 6.07) is 7.74. The molecule has 0 aliphatic carbocycles. The van der Waals surface area contributed by atoms with E-state index in [9.17, 15) is 14.7 Å². The first-order valence-corrected chi connectivity index (χ1v) is 6.00. The molecule has 5 heteroatoms. The van der Waals surface area contributed by atoms with Crippen LogP contribution < -0.4 is 15.8 Å². The van der Waals surface area contributed by atoms with Gasteiger partial charge in [-0.25, -0.2) is 0 Å². The number of fused-ring (bicyclic) bond motifs is 1. The summed E-state index contributed by atoms with van der Waals surface area (Å²) in [4.78, 5) is 25.4. The van der Waals surface area contributed by atoms with E-state index >= 15 is 0 Å². The molecule has 0 amide bonds. The molecular formula is C12H9NO3S.